The summed E-state index contributed by atoms with van der Waals surface area (Å²) >= 11 is 6.04. The van der Waals surface area contributed by atoms with Crippen LogP contribution < -0.4 is 4.74 Å². The molecule has 1 saturated heterocycles. The maximum Gasteiger partial charge on any atom is 0.124 e. The van der Waals surface area contributed by atoms with E-state index in [0.717, 1.165) is 50.3 Å². The Morgan fingerprint density at radius 2 is 2.27 bits per heavy atom. The van der Waals surface area contributed by atoms with Crippen molar-refractivity contribution in [1.29, 1.82) is 0 Å². The Morgan fingerprint density at radius 1 is 1.41 bits per heavy atom. The van der Waals surface area contributed by atoms with Crippen LogP contribution in [-0.2, 0) is 11.3 Å². The lowest BCUT2D eigenvalue weighted by atomic mass is 9.94. The lowest BCUT2D eigenvalue weighted by Crippen LogP contribution is -2.50. The summed E-state index contributed by atoms with van der Waals surface area (Å²) in [6.45, 7) is 3.14. The number of nitrogens with zero attached hydrogens (tertiary/aromatic N) is 1. The number of methoxy groups -OCH3 is 1. The number of benzene rings is 1. The minimum absolute atomic E-state index is 0.193. The summed E-state index contributed by atoms with van der Waals surface area (Å²) in [5, 5.41) is 10.9. The number of rotatable bonds is 4. The van der Waals surface area contributed by atoms with Crippen molar-refractivity contribution in [1.82, 2.24) is 4.90 Å². The van der Waals surface area contributed by atoms with Gasteiger partial charge < -0.3 is 14.6 Å². The van der Waals surface area contributed by atoms with E-state index in [2.05, 4.69) is 4.90 Å². The number of hydrogen-bond acceptors (Lipinski definition) is 4. The number of hydrogen-bond donors (Lipinski definition) is 1. The van der Waals surface area contributed by atoms with Crippen molar-refractivity contribution in [3.63, 3.8) is 0 Å². The second kappa shape index (κ2) is 7.18. The monoisotopic (exact) mass is 325 g/mol. The van der Waals surface area contributed by atoms with Gasteiger partial charge in [0.25, 0.3) is 0 Å². The number of aliphatic hydroxyl groups is 1. The van der Waals surface area contributed by atoms with Gasteiger partial charge in [-0.25, -0.2) is 0 Å². The summed E-state index contributed by atoms with van der Waals surface area (Å²) in [5.41, 5.74) is 1.13. The molecule has 0 unspecified atom stereocenters. The fourth-order valence-electron chi connectivity index (χ4n) is 3.73. The molecule has 2 aliphatic rings. The van der Waals surface area contributed by atoms with E-state index in [1.54, 1.807) is 7.11 Å². The predicted octanol–water partition coefficient (Wildman–Crippen LogP) is 2.71. The van der Waals surface area contributed by atoms with E-state index in [9.17, 15) is 5.11 Å². The quantitative estimate of drug-likeness (QED) is 0.924. The predicted molar refractivity (Wildman–Crippen MR) is 86.4 cm³/mol. The van der Waals surface area contributed by atoms with Gasteiger partial charge in [0.1, 0.15) is 5.75 Å². The van der Waals surface area contributed by atoms with Crippen LogP contribution in [0.1, 0.15) is 24.8 Å². The Kier molecular flexibility index (Phi) is 5.24. The highest BCUT2D eigenvalue weighted by Gasteiger charge is 2.37. The molecule has 0 amide bonds. The molecule has 22 heavy (non-hydrogen) atoms. The van der Waals surface area contributed by atoms with Crippen LogP contribution in [0.5, 0.6) is 5.75 Å². The molecule has 3 rings (SSSR count). The first kappa shape index (κ1) is 16.1. The fraction of sp³-hybridized carbons (Fsp3) is 0.647. The van der Waals surface area contributed by atoms with Crippen LogP contribution in [-0.4, -0.2) is 49.0 Å². The molecule has 0 aromatic heterocycles. The van der Waals surface area contributed by atoms with Gasteiger partial charge in [-0.15, -0.1) is 0 Å². The van der Waals surface area contributed by atoms with Crippen molar-refractivity contribution < 1.29 is 14.6 Å². The number of halogens is 1. The molecular weight excluding hydrogens is 302 g/mol. The van der Waals surface area contributed by atoms with Crippen molar-refractivity contribution in [3.05, 3.63) is 28.8 Å². The van der Waals surface area contributed by atoms with Crippen molar-refractivity contribution in [2.45, 2.75) is 38.0 Å². The van der Waals surface area contributed by atoms with Gasteiger partial charge in [-0.05, 0) is 25.0 Å². The maximum absolute atomic E-state index is 10.2. The maximum atomic E-state index is 10.2. The summed E-state index contributed by atoms with van der Waals surface area (Å²) in [7, 11) is 1.67. The van der Waals surface area contributed by atoms with E-state index >= 15 is 0 Å². The molecule has 0 bridgehead atoms. The third-order valence-corrected chi connectivity index (χ3v) is 5.16. The Balaban J connectivity index is 1.77. The van der Waals surface area contributed by atoms with Gasteiger partial charge in [0.15, 0.2) is 0 Å². The van der Waals surface area contributed by atoms with Gasteiger partial charge in [0.05, 0.1) is 26.4 Å². The number of morpholine rings is 1. The van der Waals surface area contributed by atoms with Crippen LogP contribution >= 0.6 is 11.6 Å². The van der Waals surface area contributed by atoms with E-state index in [4.69, 9.17) is 21.1 Å². The third-order valence-electron chi connectivity index (χ3n) is 4.93. The van der Waals surface area contributed by atoms with Crippen LogP contribution in [0.2, 0.25) is 5.02 Å². The summed E-state index contributed by atoms with van der Waals surface area (Å²) in [6.07, 6.45) is 2.92. The molecular formula is C17H24ClNO3. The van der Waals surface area contributed by atoms with E-state index in [1.807, 2.05) is 18.2 Å². The Bertz CT molecular complexity index is 511. The lowest BCUT2D eigenvalue weighted by molar-refractivity contribution is -0.0538. The first-order valence-corrected chi connectivity index (χ1v) is 8.39. The zero-order valence-corrected chi connectivity index (χ0v) is 13.8. The second-order valence-electron chi connectivity index (χ2n) is 6.23. The molecule has 2 fully saturated rings. The fourth-order valence-corrected chi connectivity index (χ4v) is 3.90. The minimum atomic E-state index is -0.193. The average molecular weight is 326 g/mol. The molecule has 1 aliphatic heterocycles. The molecule has 1 aromatic carbocycles. The standard InChI is InChI=1S/C17H24ClNO3/c1-21-17-9-13(18)6-5-12(17)10-19-7-8-22-11-15(19)14-3-2-4-16(14)20/h5-6,9,14-16,20H,2-4,7-8,10-11H2,1H3/t14-,15+,16+/m0/s1. The van der Waals surface area contributed by atoms with Gasteiger partial charge in [-0.1, -0.05) is 24.1 Å². The Hall–Kier alpha value is -0.810. The van der Waals surface area contributed by atoms with Crippen molar-refractivity contribution in [2.24, 2.45) is 5.92 Å². The molecule has 1 aliphatic carbocycles. The van der Waals surface area contributed by atoms with Crippen LogP contribution in [0.4, 0.5) is 0 Å². The molecule has 5 heteroatoms. The van der Waals surface area contributed by atoms with Gasteiger partial charge in [-0.2, -0.15) is 0 Å². The van der Waals surface area contributed by atoms with E-state index in [-0.39, 0.29) is 12.1 Å². The zero-order valence-electron chi connectivity index (χ0n) is 13.0. The average Bonchev–Trinajstić information content (AvgIpc) is 2.95. The van der Waals surface area contributed by atoms with E-state index in [0.29, 0.717) is 17.5 Å². The molecule has 0 radical (unpaired) electrons. The van der Waals surface area contributed by atoms with Gasteiger partial charge in [0.2, 0.25) is 0 Å². The molecule has 4 nitrogen and oxygen atoms in total. The highest BCUT2D eigenvalue weighted by Crippen LogP contribution is 2.34. The van der Waals surface area contributed by atoms with E-state index < -0.39 is 0 Å². The lowest BCUT2D eigenvalue weighted by Gasteiger charge is -2.40. The van der Waals surface area contributed by atoms with Gasteiger partial charge in [0, 0.05) is 35.6 Å². The molecule has 1 saturated carbocycles. The summed E-state index contributed by atoms with van der Waals surface area (Å²) in [6, 6.07) is 6.07. The molecule has 3 atom stereocenters. The van der Waals surface area contributed by atoms with Crippen molar-refractivity contribution in [3.8, 4) is 5.75 Å². The molecule has 1 N–H and O–H groups in total. The minimum Gasteiger partial charge on any atom is -0.496 e. The SMILES string of the molecule is COc1cc(Cl)ccc1CN1CCOC[C@@H]1[C@@H]1CCC[C@H]1O. The first-order chi connectivity index (χ1) is 10.7. The van der Waals surface area contributed by atoms with Crippen LogP contribution in [0, 0.1) is 5.92 Å². The van der Waals surface area contributed by atoms with E-state index in [1.165, 1.54) is 0 Å². The highest BCUT2D eigenvalue weighted by atomic mass is 35.5. The summed E-state index contributed by atoms with van der Waals surface area (Å²) < 4.78 is 11.1. The third kappa shape index (κ3) is 3.40. The largest absolute Gasteiger partial charge is 0.496 e. The normalized spacial score (nSPS) is 29.7. The smallest absolute Gasteiger partial charge is 0.124 e. The summed E-state index contributed by atoms with van der Waals surface area (Å²) in [4.78, 5) is 2.43. The summed E-state index contributed by atoms with van der Waals surface area (Å²) in [5.74, 6) is 1.14. The Labute approximate surface area is 137 Å². The highest BCUT2D eigenvalue weighted by molar-refractivity contribution is 6.30. The van der Waals surface area contributed by atoms with Crippen molar-refractivity contribution in [2.75, 3.05) is 26.9 Å². The first-order valence-electron chi connectivity index (χ1n) is 8.01. The van der Waals surface area contributed by atoms with Crippen LogP contribution in [0.25, 0.3) is 0 Å². The van der Waals surface area contributed by atoms with Gasteiger partial charge in [-0.3, -0.25) is 4.90 Å². The molecule has 0 spiro atoms. The second-order valence-corrected chi connectivity index (χ2v) is 6.67. The van der Waals surface area contributed by atoms with Crippen LogP contribution in [0.3, 0.4) is 0 Å². The van der Waals surface area contributed by atoms with Gasteiger partial charge >= 0.3 is 0 Å². The molecule has 1 heterocycles. The number of ether oxygens (including phenoxy) is 2. The van der Waals surface area contributed by atoms with Crippen molar-refractivity contribution >= 4 is 11.6 Å². The zero-order chi connectivity index (χ0) is 15.5. The Morgan fingerprint density at radius 3 is 3.00 bits per heavy atom. The molecule has 122 valence electrons. The number of aliphatic hydroxyl groups excluding tert-OH is 1. The molecule has 1 aromatic rings. The van der Waals surface area contributed by atoms with Crippen LogP contribution in [0.15, 0.2) is 18.2 Å². The topological polar surface area (TPSA) is 41.9 Å².